The van der Waals surface area contributed by atoms with Gasteiger partial charge in [-0.15, -0.1) is 0 Å². The minimum absolute atomic E-state index is 0.365. The Kier molecular flexibility index (Phi) is 4.87. The topological polar surface area (TPSA) is 47.0 Å². The van der Waals surface area contributed by atoms with Crippen LogP contribution in [0.1, 0.15) is 45.1 Å². The maximum Gasteiger partial charge on any atom is 0.162 e. The van der Waals surface area contributed by atoms with Gasteiger partial charge in [-0.1, -0.05) is 13.8 Å². The van der Waals surface area contributed by atoms with E-state index in [9.17, 15) is 0 Å². The van der Waals surface area contributed by atoms with E-state index in [1.807, 2.05) is 13.0 Å². The molecule has 0 amide bonds. The molecule has 0 bridgehead atoms. The highest BCUT2D eigenvalue weighted by Crippen LogP contribution is 2.30. The molecule has 4 heteroatoms. The summed E-state index contributed by atoms with van der Waals surface area (Å²) in [5.41, 5.74) is 0.602. The summed E-state index contributed by atoms with van der Waals surface area (Å²) in [4.78, 5) is 9.09. The molecule has 0 aromatic carbocycles. The van der Waals surface area contributed by atoms with Gasteiger partial charge in [0.25, 0.3) is 0 Å². The molecule has 96 valence electrons. The molecule has 0 atom stereocenters. The lowest BCUT2D eigenvalue weighted by molar-refractivity contribution is -0.0291. The number of rotatable bonds is 6. The molecule has 1 N–H and O–H groups in total. The Balaban J connectivity index is 3.19. The second-order valence-electron chi connectivity index (χ2n) is 4.15. The summed E-state index contributed by atoms with van der Waals surface area (Å²) in [6.07, 6.45) is 1.74. The lowest BCUT2D eigenvalue weighted by atomic mass is 9.96. The number of nitrogens with one attached hydrogen (secondary N) is 1. The molecule has 0 unspecified atom stereocenters. The van der Waals surface area contributed by atoms with Crippen LogP contribution in [-0.2, 0) is 10.3 Å². The third kappa shape index (κ3) is 2.94. The fourth-order valence-electron chi connectivity index (χ4n) is 1.99. The number of methoxy groups -OCH3 is 1. The van der Waals surface area contributed by atoms with Gasteiger partial charge in [0.1, 0.15) is 11.4 Å². The quantitative estimate of drug-likeness (QED) is 0.826. The highest BCUT2D eigenvalue weighted by Gasteiger charge is 2.31. The summed E-state index contributed by atoms with van der Waals surface area (Å²) in [5.74, 6) is 1.65. The normalized spacial score (nSPS) is 11.6. The SMILES string of the molecule is CCNc1cc(C)nc(C(CC)(CC)OC)n1. The molecule has 4 nitrogen and oxygen atoms in total. The zero-order valence-electron chi connectivity index (χ0n) is 11.5. The van der Waals surface area contributed by atoms with E-state index in [4.69, 9.17) is 4.74 Å². The molecule has 0 aliphatic carbocycles. The number of nitrogens with zero attached hydrogens (tertiary/aromatic N) is 2. The van der Waals surface area contributed by atoms with Gasteiger partial charge in [-0.3, -0.25) is 0 Å². The Morgan fingerprint density at radius 2 is 1.88 bits per heavy atom. The molecule has 0 saturated heterocycles. The molecule has 0 radical (unpaired) electrons. The number of hydrogen-bond donors (Lipinski definition) is 1. The molecule has 0 aliphatic rings. The Morgan fingerprint density at radius 1 is 1.24 bits per heavy atom. The minimum atomic E-state index is -0.365. The third-order valence-corrected chi connectivity index (χ3v) is 3.15. The van der Waals surface area contributed by atoms with Gasteiger partial charge >= 0.3 is 0 Å². The summed E-state index contributed by atoms with van der Waals surface area (Å²) < 4.78 is 5.66. The van der Waals surface area contributed by atoms with Crippen molar-refractivity contribution in [3.8, 4) is 0 Å². The van der Waals surface area contributed by atoms with E-state index < -0.39 is 0 Å². The standard InChI is InChI=1S/C13H23N3O/c1-6-13(7-2,17-5)12-15-10(4)9-11(16-12)14-8-3/h9H,6-8H2,1-5H3,(H,14,15,16). The summed E-state index contributed by atoms with van der Waals surface area (Å²) >= 11 is 0. The molecule has 0 saturated carbocycles. The third-order valence-electron chi connectivity index (χ3n) is 3.15. The van der Waals surface area contributed by atoms with E-state index in [1.165, 1.54) is 0 Å². The molecule has 0 aliphatic heterocycles. The Hall–Kier alpha value is -1.16. The van der Waals surface area contributed by atoms with Crippen LogP contribution in [-0.4, -0.2) is 23.6 Å². The molecule has 1 rings (SSSR count). The van der Waals surface area contributed by atoms with E-state index in [0.29, 0.717) is 0 Å². The van der Waals surface area contributed by atoms with Crippen LogP contribution in [0, 0.1) is 6.92 Å². The van der Waals surface area contributed by atoms with Gasteiger partial charge < -0.3 is 10.1 Å². The monoisotopic (exact) mass is 237 g/mol. The average Bonchev–Trinajstić information content (AvgIpc) is 2.32. The zero-order chi connectivity index (χ0) is 12.9. The highest BCUT2D eigenvalue weighted by molar-refractivity contribution is 5.36. The lowest BCUT2D eigenvalue weighted by Gasteiger charge is -2.29. The van der Waals surface area contributed by atoms with Crippen molar-refractivity contribution in [1.29, 1.82) is 0 Å². The first-order valence-electron chi connectivity index (χ1n) is 6.27. The van der Waals surface area contributed by atoms with Crippen LogP contribution in [0.5, 0.6) is 0 Å². The maximum absolute atomic E-state index is 5.66. The Morgan fingerprint density at radius 3 is 2.35 bits per heavy atom. The van der Waals surface area contributed by atoms with E-state index in [-0.39, 0.29) is 5.60 Å². The molecule has 0 fully saturated rings. The van der Waals surface area contributed by atoms with Crippen molar-refractivity contribution >= 4 is 5.82 Å². The van der Waals surface area contributed by atoms with Gasteiger partial charge in [0.2, 0.25) is 0 Å². The number of ether oxygens (including phenoxy) is 1. The van der Waals surface area contributed by atoms with Crippen molar-refractivity contribution in [3.05, 3.63) is 17.6 Å². The highest BCUT2D eigenvalue weighted by atomic mass is 16.5. The molecule has 1 aromatic rings. The smallest absolute Gasteiger partial charge is 0.162 e. The van der Waals surface area contributed by atoms with Crippen molar-refractivity contribution in [2.45, 2.75) is 46.1 Å². The fraction of sp³-hybridized carbons (Fsp3) is 0.692. The van der Waals surface area contributed by atoms with Gasteiger partial charge in [-0.05, 0) is 26.7 Å². The summed E-state index contributed by atoms with van der Waals surface area (Å²) in [6.45, 7) is 9.10. The molecule has 0 spiro atoms. The number of aromatic nitrogens is 2. The van der Waals surface area contributed by atoms with E-state index >= 15 is 0 Å². The summed E-state index contributed by atoms with van der Waals surface area (Å²) in [5, 5.41) is 3.23. The van der Waals surface area contributed by atoms with Crippen LogP contribution < -0.4 is 5.32 Å². The first-order chi connectivity index (χ1) is 8.11. The first-order valence-corrected chi connectivity index (χ1v) is 6.27. The van der Waals surface area contributed by atoms with Crippen LogP contribution in [0.15, 0.2) is 6.07 Å². The minimum Gasteiger partial charge on any atom is -0.370 e. The van der Waals surface area contributed by atoms with Crippen molar-refractivity contribution in [1.82, 2.24) is 9.97 Å². The largest absolute Gasteiger partial charge is 0.370 e. The van der Waals surface area contributed by atoms with Gasteiger partial charge in [0, 0.05) is 25.4 Å². The van der Waals surface area contributed by atoms with Crippen LogP contribution in [0.2, 0.25) is 0 Å². The van der Waals surface area contributed by atoms with Crippen molar-refractivity contribution < 1.29 is 4.74 Å². The number of anilines is 1. The second-order valence-corrected chi connectivity index (χ2v) is 4.15. The van der Waals surface area contributed by atoms with E-state index in [2.05, 4.69) is 36.1 Å². The molecular weight excluding hydrogens is 214 g/mol. The average molecular weight is 237 g/mol. The van der Waals surface area contributed by atoms with E-state index in [0.717, 1.165) is 36.7 Å². The molecule has 1 heterocycles. The first kappa shape index (κ1) is 13.9. The van der Waals surface area contributed by atoms with Crippen LogP contribution in [0.4, 0.5) is 5.82 Å². The summed E-state index contributed by atoms with van der Waals surface area (Å²) in [7, 11) is 1.73. The van der Waals surface area contributed by atoms with Crippen molar-refractivity contribution in [2.24, 2.45) is 0 Å². The Labute approximate surface area is 104 Å². The van der Waals surface area contributed by atoms with Crippen molar-refractivity contribution in [3.63, 3.8) is 0 Å². The van der Waals surface area contributed by atoms with Gasteiger partial charge in [-0.2, -0.15) is 0 Å². The predicted octanol–water partition coefficient (Wildman–Crippen LogP) is 2.88. The van der Waals surface area contributed by atoms with Crippen LogP contribution >= 0.6 is 0 Å². The molecular formula is C13H23N3O. The Bertz CT molecular complexity index is 353. The molecule has 1 aromatic heterocycles. The number of aryl methyl sites for hydroxylation is 1. The number of hydrogen-bond acceptors (Lipinski definition) is 4. The van der Waals surface area contributed by atoms with Gasteiger partial charge in [-0.25, -0.2) is 9.97 Å². The predicted molar refractivity (Wildman–Crippen MR) is 70.2 cm³/mol. The molecule has 17 heavy (non-hydrogen) atoms. The zero-order valence-corrected chi connectivity index (χ0v) is 11.5. The fourth-order valence-corrected chi connectivity index (χ4v) is 1.99. The summed E-state index contributed by atoms with van der Waals surface area (Å²) in [6, 6.07) is 1.96. The lowest BCUT2D eigenvalue weighted by Crippen LogP contribution is -2.30. The van der Waals surface area contributed by atoms with Crippen LogP contribution in [0.25, 0.3) is 0 Å². The van der Waals surface area contributed by atoms with Crippen LogP contribution in [0.3, 0.4) is 0 Å². The van der Waals surface area contributed by atoms with Crippen molar-refractivity contribution in [2.75, 3.05) is 19.0 Å². The van der Waals surface area contributed by atoms with E-state index in [1.54, 1.807) is 7.11 Å². The van der Waals surface area contributed by atoms with Gasteiger partial charge in [0.15, 0.2) is 5.82 Å². The maximum atomic E-state index is 5.66. The second kappa shape index (κ2) is 5.96. The van der Waals surface area contributed by atoms with Gasteiger partial charge in [0.05, 0.1) is 0 Å².